The molecule has 6 heteroatoms. The average molecular weight is 240 g/mol. The van der Waals surface area contributed by atoms with Gasteiger partial charge >= 0.3 is 5.97 Å². The number of ether oxygens (including phenoxy) is 1. The summed E-state index contributed by atoms with van der Waals surface area (Å²) in [5, 5.41) is 12.4. The maximum Gasteiger partial charge on any atom is 0.303 e. The first-order valence-electron chi connectivity index (χ1n) is 5.91. The van der Waals surface area contributed by atoms with Gasteiger partial charge in [0.2, 0.25) is 11.7 Å². The fraction of sp³-hybridized carbons (Fsp3) is 0.727. The molecule has 1 unspecified atom stereocenters. The van der Waals surface area contributed by atoms with E-state index in [1.54, 1.807) is 0 Å². The van der Waals surface area contributed by atoms with Crippen LogP contribution in [0, 0.1) is 0 Å². The number of unbranched alkanes of at least 4 members (excludes halogenated alkanes) is 1. The number of aryl methyl sites for hydroxylation is 1. The van der Waals surface area contributed by atoms with Crippen LogP contribution in [0.3, 0.4) is 0 Å². The van der Waals surface area contributed by atoms with Crippen LogP contribution in [0.15, 0.2) is 4.52 Å². The minimum absolute atomic E-state index is 0.0217. The number of nitrogens with zero attached hydrogens (tertiary/aromatic N) is 2. The van der Waals surface area contributed by atoms with Gasteiger partial charge in [-0.05, 0) is 25.7 Å². The number of carboxylic acid groups (broad SMARTS) is 1. The lowest BCUT2D eigenvalue weighted by molar-refractivity contribution is -0.137. The zero-order valence-electron chi connectivity index (χ0n) is 9.59. The van der Waals surface area contributed by atoms with Gasteiger partial charge in [0.05, 0.1) is 0 Å². The molecule has 1 N–H and O–H groups in total. The predicted octanol–water partition coefficient (Wildman–Crippen LogP) is 1.72. The Morgan fingerprint density at radius 2 is 2.35 bits per heavy atom. The molecule has 1 aliphatic heterocycles. The molecule has 0 aliphatic carbocycles. The highest BCUT2D eigenvalue weighted by atomic mass is 16.5. The third kappa shape index (κ3) is 3.52. The molecule has 2 heterocycles. The highest BCUT2D eigenvalue weighted by Gasteiger charge is 2.22. The summed E-state index contributed by atoms with van der Waals surface area (Å²) in [7, 11) is 0. The van der Waals surface area contributed by atoms with Crippen molar-refractivity contribution in [1.82, 2.24) is 10.1 Å². The van der Waals surface area contributed by atoms with Gasteiger partial charge in [0.15, 0.2) is 0 Å². The number of carbonyl (C=O) groups is 1. The zero-order valence-corrected chi connectivity index (χ0v) is 9.59. The molecule has 1 aromatic rings. The summed E-state index contributed by atoms with van der Waals surface area (Å²) in [5.74, 6) is 0.423. The van der Waals surface area contributed by atoms with Crippen molar-refractivity contribution in [2.75, 3.05) is 6.61 Å². The maximum atomic E-state index is 10.3. The van der Waals surface area contributed by atoms with Crippen LogP contribution in [-0.4, -0.2) is 27.8 Å². The van der Waals surface area contributed by atoms with Gasteiger partial charge in [0.1, 0.15) is 6.10 Å². The van der Waals surface area contributed by atoms with Crippen LogP contribution in [0.2, 0.25) is 0 Å². The van der Waals surface area contributed by atoms with Gasteiger partial charge in [-0.15, -0.1) is 0 Å². The lowest BCUT2D eigenvalue weighted by Crippen LogP contribution is -1.98. The van der Waals surface area contributed by atoms with E-state index in [9.17, 15) is 4.79 Å². The predicted molar refractivity (Wildman–Crippen MR) is 57.4 cm³/mol. The number of hydrogen-bond donors (Lipinski definition) is 1. The second-order valence-corrected chi connectivity index (χ2v) is 4.15. The van der Waals surface area contributed by atoms with Crippen molar-refractivity contribution in [1.29, 1.82) is 0 Å². The van der Waals surface area contributed by atoms with Gasteiger partial charge in [-0.3, -0.25) is 4.79 Å². The third-order valence-electron chi connectivity index (χ3n) is 2.73. The van der Waals surface area contributed by atoms with Gasteiger partial charge in [-0.25, -0.2) is 0 Å². The summed E-state index contributed by atoms with van der Waals surface area (Å²) in [4.78, 5) is 14.6. The number of rotatable bonds is 6. The first-order valence-corrected chi connectivity index (χ1v) is 5.91. The van der Waals surface area contributed by atoms with Crippen molar-refractivity contribution in [3.05, 3.63) is 11.7 Å². The Morgan fingerprint density at radius 1 is 1.47 bits per heavy atom. The molecule has 0 radical (unpaired) electrons. The molecule has 0 bridgehead atoms. The second-order valence-electron chi connectivity index (χ2n) is 4.15. The van der Waals surface area contributed by atoms with E-state index in [2.05, 4.69) is 10.1 Å². The highest BCUT2D eigenvalue weighted by Crippen LogP contribution is 2.26. The van der Waals surface area contributed by atoms with Crippen LogP contribution in [0.4, 0.5) is 0 Å². The molecule has 94 valence electrons. The van der Waals surface area contributed by atoms with Crippen molar-refractivity contribution < 1.29 is 19.2 Å². The summed E-state index contributed by atoms with van der Waals surface area (Å²) >= 11 is 0. The Kier molecular flexibility index (Phi) is 4.08. The van der Waals surface area contributed by atoms with Gasteiger partial charge in [0, 0.05) is 19.4 Å². The van der Waals surface area contributed by atoms with E-state index in [0.29, 0.717) is 24.6 Å². The van der Waals surface area contributed by atoms with Crippen molar-refractivity contribution >= 4 is 5.97 Å². The lowest BCUT2D eigenvalue weighted by atomic mass is 10.2. The van der Waals surface area contributed by atoms with E-state index < -0.39 is 5.97 Å². The van der Waals surface area contributed by atoms with Crippen LogP contribution in [0.25, 0.3) is 0 Å². The smallest absolute Gasteiger partial charge is 0.303 e. The van der Waals surface area contributed by atoms with Crippen molar-refractivity contribution in [2.24, 2.45) is 0 Å². The first-order chi connectivity index (χ1) is 8.25. The van der Waals surface area contributed by atoms with Gasteiger partial charge in [-0.1, -0.05) is 5.16 Å². The largest absolute Gasteiger partial charge is 0.481 e. The second kappa shape index (κ2) is 5.77. The summed E-state index contributed by atoms with van der Waals surface area (Å²) < 4.78 is 10.5. The third-order valence-corrected chi connectivity index (χ3v) is 2.73. The van der Waals surface area contributed by atoms with E-state index in [0.717, 1.165) is 25.9 Å². The molecule has 1 aliphatic rings. The van der Waals surface area contributed by atoms with Gasteiger partial charge < -0.3 is 14.4 Å². The summed E-state index contributed by atoms with van der Waals surface area (Å²) in [6.07, 6.45) is 4.16. The number of carboxylic acids is 1. The van der Waals surface area contributed by atoms with Crippen LogP contribution in [-0.2, 0) is 16.0 Å². The van der Waals surface area contributed by atoms with E-state index in [1.165, 1.54) is 0 Å². The number of hydrogen-bond acceptors (Lipinski definition) is 5. The molecule has 0 aromatic carbocycles. The topological polar surface area (TPSA) is 85.5 Å². The summed E-state index contributed by atoms with van der Waals surface area (Å²) in [6.45, 7) is 0.757. The van der Waals surface area contributed by atoms with Gasteiger partial charge in [-0.2, -0.15) is 4.98 Å². The quantitative estimate of drug-likeness (QED) is 0.762. The average Bonchev–Trinajstić information content (AvgIpc) is 2.94. The molecule has 0 saturated carbocycles. The van der Waals surface area contributed by atoms with Crippen molar-refractivity contribution in [3.63, 3.8) is 0 Å². The molecular formula is C11H16N2O4. The molecule has 1 fully saturated rings. The molecule has 1 aromatic heterocycles. The molecule has 1 saturated heterocycles. The zero-order chi connectivity index (χ0) is 12.1. The Hall–Kier alpha value is -1.43. The summed E-state index contributed by atoms with van der Waals surface area (Å²) in [6, 6.07) is 0. The first kappa shape index (κ1) is 12.0. The Morgan fingerprint density at radius 3 is 3.06 bits per heavy atom. The Balaban J connectivity index is 1.75. The van der Waals surface area contributed by atoms with E-state index in [-0.39, 0.29) is 12.5 Å². The van der Waals surface area contributed by atoms with Crippen LogP contribution < -0.4 is 0 Å². The normalized spacial score (nSPS) is 19.6. The molecular weight excluding hydrogens is 224 g/mol. The minimum atomic E-state index is -0.768. The van der Waals surface area contributed by atoms with Crippen molar-refractivity contribution in [2.45, 2.75) is 44.6 Å². The molecule has 0 amide bonds. The van der Waals surface area contributed by atoms with Crippen LogP contribution in [0.5, 0.6) is 0 Å². The fourth-order valence-corrected chi connectivity index (χ4v) is 1.83. The lowest BCUT2D eigenvalue weighted by Gasteiger charge is -2.00. The highest BCUT2D eigenvalue weighted by molar-refractivity contribution is 5.66. The molecule has 1 atom stereocenters. The van der Waals surface area contributed by atoms with E-state index in [1.807, 2.05) is 0 Å². The standard InChI is InChI=1S/C11H16N2O4/c14-10(15)6-2-1-5-9-12-11(13-17-9)8-4-3-7-16-8/h8H,1-7H2,(H,14,15). The monoisotopic (exact) mass is 240 g/mol. The number of aliphatic carboxylic acids is 1. The molecule has 2 rings (SSSR count). The Labute approximate surface area is 99.0 Å². The molecule has 6 nitrogen and oxygen atoms in total. The molecule has 17 heavy (non-hydrogen) atoms. The van der Waals surface area contributed by atoms with Gasteiger partial charge in [0.25, 0.3) is 0 Å². The van der Waals surface area contributed by atoms with Crippen LogP contribution >= 0.6 is 0 Å². The van der Waals surface area contributed by atoms with Crippen LogP contribution in [0.1, 0.15) is 49.9 Å². The van der Waals surface area contributed by atoms with E-state index in [4.69, 9.17) is 14.4 Å². The minimum Gasteiger partial charge on any atom is -0.481 e. The fourth-order valence-electron chi connectivity index (χ4n) is 1.83. The number of aromatic nitrogens is 2. The maximum absolute atomic E-state index is 10.3. The Bertz CT molecular complexity index is 371. The van der Waals surface area contributed by atoms with Crippen molar-refractivity contribution in [3.8, 4) is 0 Å². The summed E-state index contributed by atoms with van der Waals surface area (Å²) in [5.41, 5.74) is 0. The molecule has 0 spiro atoms. The van der Waals surface area contributed by atoms with E-state index >= 15 is 0 Å². The SMILES string of the molecule is O=C(O)CCCCc1nc(C2CCCO2)no1.